The molecule has 5 atom stereocenters. The van der Waals surface area contributed by atoms with Crippen LogP contribution in [0.2, 0.25) is 0 Å². The third kappa shape index (κ3) is 8.64. The van der Waals surface area contributed by atoms with Crippen molar-refractivity contribution in [2.24, 2.45) is 5.92 Å². The van der Waals surface area contributed by atoms with Crippen molar-refractivity contribution in [2.45, 2.75) is 106 Å². The van der Waals surface area contributed by atoms with Crippen molar-refractivity contribution in [3.63, 3.8) is 0 Å². The predicted octanol–water partition coefficient (Wildman–Crippen LogP) is 3.56. The van der Waals surface area contributed by atoms with E-state index in [0.717, 1.165) is 44.1 Å². The van der Waals surface area contributed by atoms with Crippen LogP contribution in [0, 0.1) is 5.92 Å². The van der Waals surface area contributed by atoms with Crippen LogP contribution < -0.4 is 15.4 Å². The second-order valence-corrected chi connectivity index (χ2v) is 16.4. The Labute approximate surface area is 314 Å². The summed E-state index contributed by atoms with van der Waals surface area (Å²) >= 11 is 0. The second-order valence-electron chi connectivity index (χ2n) is 14.7. The Bertz CT molecular complexity index is 1970. The quantitative estimate of drug-likeness (QED) is 0.286. The van der Waals surface area contributed by atoms with Crippen LogP contribution in [0.5, 0.6) is 0 Å². The van der Waals surface area contributed by atoms with Gasteiger partial charge in [-0.15, -0.1) is 10.2 Å². The van der Waals surface area contributed by atoms with Crippen molar-refractivity contribution < 1.29 is 32.3 Å². The van der Waals surface area contributed by atoms with Crippen LogP contribution in [0.3, 0.4) is 0 Å². The molecule has 1 saturated heterocycles. The first-order valence-electron chi connectivity index (χ1n) is 18.8. The van der Waals surface area contributed by atoms with Gasteiger partial charge in [0.25, 0.3) is 5.91 Å². The molecule has 0 spiro atoms. The molecule has 4 amide bonds. The highest BCUT2D eigenvalue weighted by Gasteiger charge is 2.61. The van der Waals surface area contributed by atoms with E-state index in [9.17, 15) is 27.6 Å². The highest BCUT2D eigenvalue weighted by Crippen LogP contribution is 2.46. The number of alkyl carbamates (subject to hydrolysis) is 1. The number of carbonyl (C=O) groups is 4. The molecule has 16 heteroatoms. The topological polar surface area (TPSA) is 195 Å². The maximum absolute atomic E-state index is 14.5. The standard InChI is InChI=1S/C38H46N8O7S/c47-34-32-22-29(46-42-33(41-44-46)27-16-8-5-9-17-27)24-45(32)35(48)31(39-37(50)53-30-19-12-13-20-30)21-11-3-1-2-10-18-28-23-38(28,40-34)36(49)43-54(51,52)25-26-14-6-4-7-15-26/h4-10,14-18,28-32H,1-3,11-13,19-25H2,(H,39,50)(H,40,47)(H,43,49)/t28?,29-,31+,32+,38-/m1/s1. The van der Waals surface area contributed by atoms with Gasteiger partial charge in [-0.3, -0.25) is 19.1 Å². The lowest BCUT2D eigenvalue weighted by Gasteiger charge is -2.30. The molecule has 3 heterocycles. The van der Waals surface area contributed by atoms with Crippen molar-refractivity contribution in [1.29, 1.82) is 0 Å². The summed E-state index contributed by atoms with van der Waals surface area (Å²) in [5.41, 5.74) is -0.287. The fourth-order valence-electron chi connectivity index (χ4n) is 7.74. The molecule has 4 aliphatic rings. The summed E-state index contributed by atoms with van der Waals surface area (Å²) < 4.78 is 34.2. The second kappa shape index (κ2) is 16.1. The smallest absolute Gasteiger partial charge is 0.408 e. The van der Waals surface area contributed by atoms with Gasteiger partial charge >= 0.3 is 6.09 Å². The van der Waals surface area contributed by atoms with Crippen molar-refractivity contribution in [3.8, 4) is 11.4 Å². The first-order valence-corrected chi connectivity index (χ1v) is 20.5. The number of sulfonamides is 1. The van der Waals surface area contributed by atoms with Crippen molar-refractivity contribution in [1.82, 2.24) is 40.5 Å². The average molecular weight is 759 g/mol. The molecule has 3 N–H and O–H groups in total. The third-order valence-electron chi connectivity index (χ3n) is 10.8. The zero-order chi connectivity index (χ0) is 37.7. The van der Waals surface area contributed by atoms with Crippen molar-refractivity contribution in [3.05, 3.63) is 78.4 Å². The minimum Gasteiger partial charge on any atom is -0.446 e. The van der Waals surface area contributed by atoms with Gasteiger partial charge in [-0.25, -0.2) is 13.2 Å². The minimum atomic E-state index is -4.12. The monoisotopic (exact) mass is 758 g/mol. The highest BCUT2D eigenvalue weighted by molar-refractivity contribution is 7.89. The van der Waals surface area contributed by atoms with E-state index in [2.05, 4.69) is 30.8 Å². The van der Waals surface area contributed by atoms with Gasteiger partial charge in [0.15, 0.2) is 0 Å². The first-order chi connectivity index (χ1) is 26.1. The Morgan fingerprint density at radius 2 is 1.67 bits per heavy atom. The molecule has 0 bridgehead atoms. The first kappa shape index (κ1) is 37.2. The Balaban J connectivity index is 1.16. The Morgan fingerprint density at radius 1 is 0.944 bits per heavy atom. The molecule has 3 fully saturated rings. The number of rotatable bonds is 8. The van der Waals surface area contributed by atoms with Crippen molar-refractivity contribution in [2.75, 3.05) is 6.54 Å². The summed E-state index contributed by atoms with van der Waals surface area (Å²) in [6.07, 6.45) is 9.95. The van der Waals surface area contributed by atoms with Crippen LogP contribution in [-0.4, -0.2) is 87.6 Å². The van der Waals surface area contributed by atoms with Crippen LogP contribution in [-0.2, 0) is 34.9 Å². The number of ether oxygens (including phenoxy) is 1. The zero-order valence-electron chi connectivity index (χ0n) is 30.0. The molecule has 15 nitrogen and oxygen atoms in total. The van der Waals surface area contributed by atoms with Gasteiger partial charge in [-0.2, -0.15) is 4.80 Å². The highest BCUT2D eigenvalue weighted by atomic mass is 32.2. The maximum Gasteiger partial charge on any atom is 0.408 e. The lowest BCUT2D eigenvalue weighted by Crippen LogP contribution is -2.58. The number of aromatic nitrogens is 4. The molecule has 2 aromatic carbocycles. The van der Waals surface area contributed by atoms with Crippen LogP contribution in [0.15, 0.2) is 72.8 Å². The fourth-order valence-corrected chi connectivity index (χ4v) is 8.91. The van der Waals surface area contributed by atoms with E-state index in [4.69, 9.17) is 4.74 Å². The molecule has 7 rings (SSSR count). The summed E-state index contributed by atoms with van der Waals surface area (Å²) in [5.74, 6) is -2.41. The Hall–Kier alpha value is -5.12. The van der Waals surface area contributed by atoms with Gasteiger partial charge < -0.3 is 20.3 Å². The molecule has 286 valence electrons. The molecule has 0 radical (unpaired) electrons. The summed E-state index contributed by atoms with van der Waals surface area (Å²) in [6.45, 7) is 0.0331. The molecule has 2 aliphatic heterocycles. The van der Waals surface area contributed by atoms with E-state index in [1.54, 1.807) is 30.3 Å². The van der Waals surface area contributed by atoms with Crippen LogP contribution in [0.1, 0.15) is 82.2 Å². The number of nitrogens with one attached hydrogen (secondary N) is 3. The lowest BCUT2D eigenvalue weighted by molar-refractivity contribution is -0.141. The predicted molar refractivity (Wildman–Crippen MR) is 196 cm³/mol. The average Bonchev–Trinajstić information content (AvgIpc) is 3.63. The van der Waals surface area contributed by atoms with E-state index >= 15 is 0 Å². The summed E-state index contributed by atoms with van der Waals surface area (Å²) in [4.78, 5) is 58.7. The number of hydrogen-bond donors (Lipinski definition) is 3. The largest absolute Gasteiger partial charge is 0.446 e. The van der Waals surface area contributed by atoms with E-state index in [-0.39, 0.29) is 25.5 Å². The molecule has 2 aliphatic carbocycles. The molecule has 1 aromatic heterocycles. The van der Waals surface area contributed by atoms with E-state index in [1.165, 1.54) is 9.70 Å². The normalized spacial score (nSPS) is 26.5. The zero-order valence-corrected chi connectivity index (χ0v) is 30.8. The number of hydrogen-bond acceptors (Lipinski definition) is 10. The molecule has 2 saturated carbocycles. The maximum atomic E-state index is 14.5. The number of amides is 4. The molecule has 54 heavy (non-hydrogen) atoms. The Kier molecular flexibility index (Phi) is 11.1. The van der Waals surface area contributed by atoms with E-state index < -0.39 is 69.2 Å². The van der Waals surface area contributed by atoms with Gasteiger partial charge in [-0.05, 0) is 62.1 Å². The van der Waals surface area contributed by atoms with Crippen LogP contribution >= 0.6 is 0 Å². The van der Waals surface area contributed by atoms with Crippen LogP contribution in [0.25, 0.3) is 11.4 Å². The summed E-state index contributed by atoms with van der Waals surface area (Å²) in [5, 5.41) is 18.8. The van der Waals surface area contributed by atoms with Gasteiger partial charge in [-0.1, -0.05) is 85.7 Å². The van der Waals surface area contributed by atoms with Crippen molar-refractivity contribution >= 4 is 33.8 Å². The number of benzene rings is 2. The fraction of sp³-hybridized carbons (Fsp3) is 0.500. The summed E-state index contributed by atoms with van der Waals surface area (Å²) in [7, 11) is -4.12. The molecular weight excluding hydrogens is 713 g/mol. The van der Waals surface area contributed by atoms with Crippen LogP contribution in [0.4, 0.5) is 4.79 Å². The number of allylic oxidation sites excluding steroid dienone is 1. The van der Waals surface area contributed by atoms with Gasteiger partial charge in [0.1, 0.15) is 23.7 Å². The minimum absolute atomic E-state index is 0.0331. The Morgan fingerprint density at radius 3 is 2.43 bits per heavy atom. The van der Waals surface area contributed by atoms with Gasteiger partial charge in [0.2, 0.25) is 27.7 Å². The lowest BCUT2D eigenvalue weighted by atomic mass is 10.0. The summed E-state index contributed by atoms with van der Waals surface area (Å²) in [6, 6.07) is 15.2. The molecule has 3 aromatic rings. The molecule has 1 unspecified atom stereocenters. The van der Waals surface area contributed by atoms with E-state index in [0.29, 0.717) is 30.7 Å². The van der Waals surface area contributed by atoms with E-state index in [1.807, 2.05) is 42.5 Å². The third-order valence-corrected chi connectivity index (χ3v) is 12.0. The number of fused-ring (bicyclic) bond motifs is 2. The number of nitrogens with zero attached hydrogens (tertiary/aromatic N) is 5. The number of carbonyl (C=O) groups excluding carboxylic acids is 4. The SMILES string of the molecule is O=C(N[C@H]1CCCCCC=CC2C[C@@]2(C(=O)NS(=O)(=O)Cc2ccccc2)NC(=O)[C@@H]2C[C@@H](n3nnc(-c4ccccc4)n3)CN2C1=O)OC1CCCC1. The molecular formula is C38H46N8O7S. The van der Waals surface area contributed by atoms with Gasteiger partial charge in [0.05, 0.1) is 11.8 Å². The van der Waals surface area contributed by atoms with Gasteiger partial charge in [0, 0.05) is 24.4 Å². The number of tetrazole rings is 1.